The summed E-state index contributed by atoms with van der Waals surface area (Å²) in [6, 6.07) is 10.2. The fourth-order valence-corrected chi connectivity index (χ4v) is 2.62. The number of benzene rings is 2. The van der Waals surface area contributed by atoms with Crippen LogP contribution in [0.25, 0.3) is 0 Å². The third-order valence-electron chi connectivity index (χ3n) is 3.68. The summed E-state index contributed by atoms with van der Waals surface area (Å²) < 4.78 is 40.5. The lowest BCUT2D eigenvalue weighted by atomic mass is 10.0. The number of carbonyl (C=O) groups is 1. The van der Waals surface area contributed by atoms with E-state index >= 15 is 0 Å². The summed E-state index contributed by atoms with van der Waals surface area (Å²) in [6.45, 7) is 1.68. The Morgan fingerprint density at radius 2 is 1.77 bits per heavy atom. The number of anilines is 2. The van der Waals surface area contributed by atoms with Crippen LogP contribution in [0.1, 0.15) is 11.1 Å². The van der Waals surface area contributed by atoms with E-state index < -0.39 is 18.1 Å². The molecule has 2 aromatic carbocycles. The third kappa shape index (κ3) is 5.53. The fourth-order valence-electron chi connectivity index (χ4n) is 2.62. The van der Waals surface area contributed by atoms with Gasteiger partial charge in [0.1, 0.15) is 5.75 Å². The van der Waals surface area contributed by atoms with Crippen molar-refractivity contribution < 1.29 is 22.7 Å². The van der Waals surface area contributed by atoms with Crippen molar-refractivity contribution in [1.29, 1.82) is 0 Å². The largest absolute Gasteiger partial charge is 0.573 e. The highest BCUT2D eigenvalue weighted by molar-refractivity contribution is 5.99. The molecule has 0 aromatic heterocycles. The van der Waals surface area contributed by atoms with Crippen LogP contribution in [0, 0.1) is 0 Å². The molecule has 1 aliphatic heterocycles. The van der Waals surface area contributed by atoms with Crippen LogP contribution in [0.2, 0.25) is 0 Å². The first-order valence-electron chi connectivity index (χ1n) is 7.65. The van der Waals surface area contributed by atoms with Crippen molar-refractivity contribution in [1.82, 2.24) is 5.32 Å². The van der Waals surface area contributed by atoms with Gasteiger partial charge in [0.15, 0.2) is 0 Å². The highest BCUT2D eigenvalue weighted by Gasteiger charge is 2.31. The molecule has 9 heteroatoms. The second kappa shape index (κ2) is 8.29. The maximum absolute atomic E-state index is 12.2. The molecular formula is C17H17ClF3N3O2. The Balaban J connectivity index is 0.00000243. The molecule has 0 spiro atoms. The molecule has 0 atom stereocenters. The molecule has 0 aliphatic carbocycles. The number of ether oxygens (including phenoxy) is 1. The Bertz CT molecular complexity index is 784. The van der Waals surface area contributed by atoms with Crippen molar-refractivity contribution >= 4 is 29.8 Å². The van der Waals surface area contributed by atoms with Crippen LogP contribution in [0.3, 0.4) is 0 Å². The van der Waals surface area contributed by atoms with Crippen LogP contribution in [0.5, 0.6) is 5.75 Å². The van der Waals surface area contributed by atoms with Gasteiger partial charge in [0, 0.05) is 24.0 Å². The summed E-state index contributed by atoms with van der Waals surface area (Å²) in [5.41, 5.74) is 3.17. The Hall–Kier alpha value is -2.45. The lowest BCUT2D eigenvalue weighted by Gasteiger charge is -2.18. The minimum absolute atomic E-state index is 0. The maximum Gasteiger partial charge on any atom is 0.573 e. The molecule has 2 amide bonds. The van der Waals surface area contributed by atoms with Gasteiger partial charge in [0.05, 0.1) is 0 Å². The molecule has 26 heavy (non-hydrogen) atoms. The number of alkyl halides is 3. The maximum atomic E-state index is 12.2. The number of fused-ring (bicyclic) bond motifs is 1. The van der Waals surface area contributed by atoms with Crippen LogP contribution in [-0.4, -0.2) is 18.9 Å². The van der Waals surface area contributed by atoms with Gasteiger partial charge in [-0.15, -0.1) is 25.6 Å². The number of amides is 2. The van der Waals surface area contributed by atoms with Gasteiger partial charge >= 0.3 is 12.4 Å². The Morgan fingerprint density at radius 1 is 1.04 bits per heavy atom. The zero-order chi connectivity index (χ0) is 17.9. The van der Waals surface area contributed by atoms with Crippen molar-refractivity contribution in [3.63, 3.8) is 0 Å². The SMILES string of the molecule is Cl.O=C(Nc1cccc(OC(F)(F)F)c1)Nc1ccc2c(c1)CCNC2. The van der Waals surface area contributed by atoms with E-state index in [9.17, 15) is 18.0 Å². The van der Waals surface area contributed by atoms with E-state index in [1.165, 1.54) is 17.7 Å². The van der Waals surface area contributed by atoms with Crippen molar-refractivity contribution in [2.75, 3.05) is 17.2 Å². The van der Waals surface area contributed by atoms with Gasteiger partial charge in [-0.25, -0.2) is 4.79 Å². The van der Waals surface area contributed by atoms with E-state index in [-0.39, 0.29) is 18.1 Å². The minimum atomic E-state index is -4.78. The van der Waals surface area contributed by atoms with Crippen molar-refractivity contribution in [3.05, 3.63) is 53.6 Å². The number of nitrogens with one attached hydrogen (secondary N) is 3. The molecule has 3 N–H and O–H groups in total. The molecular weight excluding hydrogens is 371 g/mol. The summed E-state index contributed by atoms with van der Waals surface area (Å²) in [6.07, 6.45) is -3.90. The first-order valence-corrected chi connectivity index (χ1v) is 7.65. The molecule has 0 bridgehead atoms. The second-order valence-electron chi connectivity index (χ2n) is 5.57. The normalized spacial score (nSPS) is 13.2. The van der Waals surface area contributed by atoms with E-state index in [0.717, 1.165) is 37.2 Å². The summed E-state index contributed by atoms with van der Waals surface area (Å²) >= 11 is 0. The smallest absolute Gasteiger partial charge is 0.406 e. The monoisotopic (exact) mass is 387 g/mol. The van der Waals surface area contributed by atoms with Crippen LogP contribution < -0.4 is 20.7 Å². The molecule has 0 radical (unpaired) electrons. The highest BCUT2D eigenvalue weighted by Crippen LogP contribution is 2.25. The van der Waals surface area contributed by atoms with Crippen LogP contribution in [0.15, 0.2) is 42.5 Å². The number of rotatable bonds is 3. The number of hydrogen-bond acceptors (Lipinski definition) is 3. The second-order valence-corrected chi connectivity index (χ2v) is 5.57. The van der Waals surface area contributed by atoms with Gasteiger partial charge in [0.2, 0.25) is 0 Å². The van der Waals surface area contributed by atoms with Gasteiger partial charge in [0.25, 0.3) is 0 Å². The molecule has 0 saturated heterocycles. The molecule has 140 valence electrons. The quantitative estimate of drug-likeness (QED) is 0.736. The summed E-state index contributed by atoms with van der Waals surface area (Å²) in [5.74, 6) is -0.397. The first-order chi connectivity index (χ1) is 11.9. The zero-order valence-corrected chi connectivity index (χ0v) is 14.3. The Morgan fingerprint density at radius 3 is 2.50 bits per heavy atom. The zero-order valence-electron chi connectivity index (χ0n) is 13.5. The van der Waals surface area contributed by atoms with Crippen LogP contribution in [-0.2, 0) is 13.0 Å². The van der Waals surface area contributed by atoms with E-state index in [1.54, 1.807) is 6.07 Å². The Kier molecular flexibility index (Phi) is 6.33. The van der Waals surface area contributed by atoms with E-state index in [0.29, 0.717) is 5.69 Å². The third-order valence-corrected chi connectivity index (χ3v) is 3.68. The number of carbonyl (C=O) groups excluding carboxylic acids is 1. The van der Waals surface area contributed by atoms with Crippen LogP contribution in [0.4, 0.5) is 29.3 Å². The van der Waals surface area contributed by atoms with Crippen LogP contribution >= 0.6 is 12.4 Å². The van der Waals surface area contributed by atoms with E-state index in [2.05, 4.69) is 20.7 Å². The predicted molar refractivity (Wildman–Crippen MR) is 94.9 cm³/mol. The molecule has 2 aromatic rings. The predicted octanol–water partition coefficient (Wildman–Crippen LogP) is 4.30. The average Bonchev–Trinajstić information content (AvgIpc) is 2.53. The van der Waals surface area contributed by atoms with Crippen molar-refractivity contribution in [2.24, 2.45) is 0 Å². The minimum Gasteiger partial charge on any atom is -0.406 e. The lowest BCUT2D eigenvalue weighted by Crippen LogP contribution is -2.24. The van der Waals surface area contributed by atoms with Crippen molar-refractivity contribution in [3.8, 4) is 5.75 Å². The van der Waals surface area contributed by atoms with Gasteiger partial charge in [-0.1, -0.05) is 12.1 Å². The topological polar surface area (TPSA) is 62.4 Å². The van der Waals surface area contributed by atoms with E-state index in [4.69, 9.17) is 0 Å². The molecule has 5 nitrogen and oxygen atoms in total. The average molecular weight is 388 g/mol. The summed E-state index contributed by atoms with van der Waals surface area (Å²) in [5, 5.41) is 8.43. The van der Waals surface area contributed by atoms with Gasteiger partial charge in [-0.3, -0.25) is 0 Å². The summed E-state index contributed by atoms with van der Waals surface area (Å²) in [4.78, 5) is 12.0. The molecule has 0 fully saturated rings. The van der Waals surface area contributed by atoms with Gasteiger partial charge < -0.3 is 20.7 Å². The highest BCUT2D eigenvalue weighted by atomic mass is 35.5. The molecule has 1 heterocycles. The fraction of sp³-hybridized carbons (Fsp3) is 0.235. The number of halogens is 4. The summed E-state index contributed by atoms with van der Waals surface area (Å²) in [7, 11) is 0. The molecule has 3 rings (SSSR count). The van der Waals surface area contributed by atoms with Gasteiger partial charge in [-0.2, -0.15) is 0 Å². The Labute approximate surface area is 154 Å². The van der Waals surface area contributed by atoms with E-state index in [1.807, 2.05) is 12.1 Å². The molecule has 0 saturated carbocycles. The van der Waals surface area contributed by atoms with Gasteiger partial charge in [-0.05, 0) is 48.4 Å². The lowest BCUT2D eigenvalue weighted by molar-refractivity contribution is -0.274. The van der Waals surface area contributed by atoms with Crippen molar-refractivity contribution in [2.45, 2.75) is 19.3 Å². The number of urea groups is 1. The molecule has 1 aliphatic rings. The standard InChI is InChI=1S/C17H16F3N3O2.ClH/c18-17(19,20)25-15-3-1-2-13(9-15)22-16(24)23-14-5-4-12-10-21-7-6-11(12)8-14;/h1-5,8-9,21H,6-7,10H2,(H2,22,23,24);1H. The number of hydrogen-bond donors (Lipinski definition) is 3. The first kappa shape index (κ1) is 19.9. The molecule has 0 unspecified atom stereocenters.